The number of rotatable bonds is 3. The second-order valence-corrected chi connectivity index (χ2v) is 7.12. The van der Waals surface area contributed by atoms with E-state index in [1.54, 1.807) is 35.2 Å². The van der Waals surface area contributed by atoms with Crippen LogP contribution < -0.4 is 14.8 Å². The molecule has 29 heavy (non-hydrogen) atoms. The molecule has 1 saturated heterocycles. The van der Waals surface area contributed by atoms with Crippen molar-refractivity contribution >= 4 is 22.8 Å². The molecule has 1 unspecified atom stereocenters. The monoisotopic (exact) mass is 402 g/mol. The SMILES string of the molecule is O=C(Nc1cccc2nonc12)N1CCC(Cc2ccc3c(c2)OC(F)(F)O3)C1. The van der Waals surface area contributed by atoms with Crippen LogP contribution in [0.2, 0.25) is 0 Å². The number of alkyl halides is 2. The number of aromatic nitrogens is 2. The maximum Gasteiger partial charge on any atom is 0.586 e. The number of fused-ring (bicyclic) bond motifs is 2. The van der Waals surface area contributed by atoms with E-state index in [2.05, 4.69) is 25.1 Å². The second-order valence-electron chi connectivity index (χ2n) is 7.12. The van der Waals surface area contributed by atoms with Crippen LogP contribution >= 0.6 is 0 Å². The third kappa shape index (κ3) is 3.41. The number of amides is 2. The third-order valence-corrected chi connectivity index (χ3v) is 5.09. The topological polar surface area (TPSA) is 89.7 Å². The molecule has 1 fully saturated rings. The standard InChI is InChI=1S/C19H16F2N4O4/c20-19(21)27-15-5-4-11(9-16(15)28-19)8-12-6-7-25(10-12)18(26)22-13-2-1-3-14-17(13)24-29-23-14/h1-5,9,12H,6-8,10H2,(H,22,26). The van der Waals surface area contributed by atoms with Gasteiger partial charge in [0.1, 0.15) is 5.52 Å². The summed E-state index contributed by atoms with van der Waals surface area (Å²) in [6.07, 6.45) is -2.16. The van der Waals surface area contributed by atoms with E-state index in [9.17, 15) is 13.6 Å². The molecule has 10 heteroatoms. The van der Waals surface area contributed by atoms with Gasteiger partial charge in [-0.25, -0.2) is 9.42 Å². The molecule has 3 heterocycles. The zero-order chi connectivity index (χ0) is 20.0. The maximum atomic E-state index is 13.2. The van der Waals surface area contributed by atoms with Crippen molar-refractivity contribution in [2.45, 2.75) is 19.1 Å². The van der Waals surface area contributed by atoms with Crippen LogP contribution in [0.25, 0.3) is 11.0 Å². The molecular formula is C19H16F2N4O4. The van der Waals surface area contributed by atoms with Crippen molar-refractivity contribution in [3.05, 3.63) is 42.0 Å². The van der Waals surface area contributed by atoms with Crippen molar-refractivity contribution in [2.24, 2.45) is 5.92 Å². The van der Waals surface area contributed by atoms with E-state index in [-0.39, 0.29) is 23.4 Å². The molecule has 2 aromatic carbocycles. The molecule has 2 aliphatic rings. The third-order valence-electron chi connectivity index (χ3n) is 5.09. The van der Waals surface area contributed by atoms with E-state index in [1.807, 2.05) is 0 Å². The van der Waals surface area contributed by atoms with Gasteiger partial charge in [0.15, 0.2) is 17.0 Å². The Morgan fingerprint density at radius 3 is 2.97 bits per heavy atom. The van der Waals surface area contributed by atoms with E-state index < -0.39 is 6.29 Å². The quantitative estimate of drug-likeness (QED) is 0.720. The Morgan fingerprint density at radius 2 is 2.07 bits per heavy atom. The number of halogens is 2. The second kappa shape index (κ2) is 6.57. The summed E-state index contributed by atoms with van der Waals surface area (Å²) in [4.78, 5) is 14.3. The Labute approximate surface area is 163 Å². The lowest BCUT2D eigenvalue weighted by molar-refractivity contribution is -0.286. The highest BCUT2D eigenvalue weighted by Gasteiger charge is 2.43. The number of likely N-dealkylation sites (tertiary alicyclic amines) is 1. The molecular weight excluding hydrogens is 386 g/mol. The molecule has 0 radical (unpaired) electrons. The summed E-state index contributed by atoms with van der Waals surface area (Å²) in [6, 6.07) is 9.81. The summed E-state index contributed by atoms with van der Waals surface area (Å²) >= 11 is 0. The van der Waals surface area contributed by atoms with E-state index in [4.69, 9.17) is 4.63 Å². The molecule has 1 atom stereocenters. The fourth-order valence-corrected chi connectivity index (χ4v) is 3.74. The van der Waals surface area contributed by atoms with Crippen LogP contribution in [-0.4, -0.2) is 40.6 Å². The molecule has 0 bridgehead atoms. The van der Waals surface area contributed by atoms with Gasteiger partial charge in [-0.05, 0) is 58.9 Å². The van der Waals surface area contributed by atoms with Crippen LogP contribution in [0.1, 0.15) is 12.0 Å². The molecule has 0 saturated carbocycles. The fourth-order valence-electron chi connectivity index (χ4n) is 3.74. The molecule has 0 aliphatic carbocycles. The number of carbonyl (C=O) groups excluding carboxylic acids is 1. The van der Waals surface area contributed by atoms with Crippen molar-refractivity contribution in [1.82, 2.24) is 15.2 Å². The van der Waals surface area contributed by atoms with Gasteiger partial charge in [0, 0.05) is 13.1 Å². The first-order valence-electron chi connectivity index (χ1n) is 9.13. The molecule has 2 aliphatic heterocycles. The zero-order valence-electron chi connectivity index (χ0n) is 15.1. The summed E-state index contributed by atoms with van der Waals surface area (Å²) in [5.41, 5.74) is 2.45. The van der Waals surface area contributed by atoms with Gasteiger partial charge in [-0.3, -0.25) is 0 Å². The number of nitrogens with zero attached hydrogens (tertiary/aromatic N) is 3. The van der Waals surface area contributed by atoms with Gasteiger partial charge >= 0.3 is 12.3 Å². The molecule has 0 spiro atoms. The Morgan fingerprint density at radius 1 is 1.21 bits per heavy atom. The molecule has 3 aromatic rings. The lowest BCUT2D eigenvalue weighted by atomic mass is 9.98. The lowest BCUT2D eigenvalue weighted by Gasteiger charge is -2.17. The summed E-state index contributed by atoms with van der Waals surface area (Å²) in [6.45, 7) is 1.16. The minimum Gasteiger partial charge on any atom is -0.395 e. The number of hydrogen-bond acceptors (Lipinski definition) is 6. The van der Waals surface area contributed by atoms with Gasteiger partial charge in [-0.1, -0.05) is 12.1 Å². The number of urea groups is 1. The minimum absolute atomic E-state index is 0.0303. The highest BCUT2D eigenvalue weighted by molar-refractivity contribution is 5.98. The molecule has 1 aromatic heterocycles. The smallest absolute Gasteiger partial charge is 0.395 e. The van der Waals surface area contributed by atoms with Crippen molar-refractivity contribution in [3.8, 4) is 11.5 Å². The van der Waals surface area contributed by atoms with Crippen molar-refractivity contribution in [1.29, 1.82) is 0 Å². The van der Waals surface area contributed by atoms with Gasteiger partial charge < -0.3 is 19.7 Å². The number of anilines is 1. The number of hydrogen-bond donors (Lipinski definition) is 1. The van der Waals surface area contributed by atoms with Crippen LogP contribution in [0.4, 0.5) is 19.3 Å². The number of benzene rings is 2. The molecule has 2 amide bonds. The Hall–Kier alpha value is -3.43. The van der Waals surface area contributed by atoms with Gasteiger partial charge in [-0.2, -0.15) is 0 Å². The Balaban J connectivity index is 1.22. The van der Waals surface area contributed by atoms with Gasteiger partial charge in [-0.15, -0.1) is 8.78 Å². The summed E-state index contributed by atoms with van der Waals surface area (Å²) in [7, 11) is 0. The van der Waals surface area contributed by atoms with Gasteiger partial charge in [0.2, 0.25) is 0 Å². The Kier molecular flexibility index (Phi) is 4.00. The van der Waals surface area contributed by atoms with Crippen LogP contribution in [0.3, 0.4) is 0 Å². The molecule has 5 rings (SSSR count). The fraction of sp³-hybridized carbons (Fsp3) is 0.316. The molecule has 150 valence electrons. The summed E-state index contributed by atoms with van der Waals surface area (Å²) < 4.78 is 39.9. The normalized spacial score (nSPS) is 19.7. The van der Waals surface area contributed by atoms with E-state index in [0.717, 1.165) is 12.0 Å². The first-order valence-corrected chi connectivity index (χ1v) is 9.13. The number of nitrogens with one attached hydrogen (secondary N) is 1. The predicted octanol–water partition coefficient (Wildman–Crippen LogP) is 3.64. The number of ether oxygens (including phenoxy) is 2. The van der Waals surface area contributed by atoms with E-state index in [0.29, 0.717) is 36.2 Å². The molecule has 8 nitrogen and oxygen atoms in total. The van der Waals surface area contributed by atoms with Crippen LogP contribution in [0.15, 0.2) is 41.0 Å². The first-order chi connectivity index (χ1) is 14.0. The van der Waals surface area contributed by atoms with Crippen molar-refractivity contribution in [3.63, 3.8) is 0 Å². The first kappa shape index (κ1) is 17.7. The largest absolute Gasteiger partial charge is 0.586 e. The highest BCUT2D eigenvalue weighted by Crippen LogP contribution is 2.41. The van der Waals surface area contributed by atoms with Crippen LogP contribution in [-0.2, 0) is 6.42 Å². The number of carbonyl (C=O) groups is 1. The minimum atomic E-state index is -3.62. The highest BCUT2D eigenvalue weighted by atomic mass is 19.3. The zero-order valence-corrected chi connectivity index (χ0v) is 15.1. The van der Waals surface area contributed by atoms with Gasteiger partial charge in [0.25, 0.3) is 0 Å². The van der Waals surface area contributed by atoms with Crippen LogP contribution in [0, 0.1) is 5.92 Å². The average Bonchev–Trinajstić information content (AvgIpc) is 3.38. The van der Waals surface area contributed by atoms with Crippen molar-refractivity contribution < 1.29 is 27.7 Å². The molecule has 1 N–H and O–H groups in total. The van der Waals surface area contributed by atoms with Gasteiger partial charge in [0.05, 0.1) is 5.69 Å². The summed E-state index contributed by atoms with van der Waals surface area (Å²) in [5, 5.41) is 10.4. The maximum absolute atomic E-state index is 13.2. The summed E-state index contributed by atoms with van der Waals surface area (Å²) in [5.74, 6) is 0.281. The van der Waals surface area contributed by atoms with Crippen molar-refractivity contribution in [2.75, 3.05) is 18.4 Å². The Bertz CT molecular complexity index is 1090. The predicted molar refractivity (Wildman–Crippen MR) is 96.9 cm³/mol. The lowest BCUT2D eigenvalue weighted by Crippen LogP contribution is -2.33. The van der Waals surface area contributed by atoms with Crippen LogP contribution in [0.5, 0.6) is 11.5 Å². The van der Waals surface area contributed by atoms with E-state index >= 15 is 0 Å². The van der Waals surface area contributed by atoms with E-state index in [1.165, 1.54) is 6.07 Å². The average molecular weight is 402 g/mol.